The molecule has 0 spiro atoms. The van der Waals surface area contributed by atoms with Crippen LogP contribution in [-0.2, 0) is 0 Å². The summed E-state index contributed by atoms with van der Waals surface area (Å²) in [5.41, 5.74) is 12.7. The molecule has 1 amide bonds. The Kier molecular flexibility index (Phi) is 1.48. The van der Waals surface area contributed by atoms with Crippen LogP contribution in [0.15, 0.2) is 24.4 Å². The number of aromatic amines is 1. The monoisotopic (exact) mass is 175 g/mol. The third-order valence-corrected chi connectivity index (χ3v) is 2.00. The number of benzene rings is 1. The number of H-pyrrole nitrogens is 1. The molecule has 0 aliphatic heterocycles. The summed E-state index contributed by atoms with van der Waals surface area (Å²) >= 11 is 0. The third kappa shape index (κ3) is 1.03. The number of carbonyl (C=O) groups is 1. The average molecular weight is 175 g/mol. The van der Waals surface area contributed by atoms with Crippen LogP contribution in [0, 0.1) is 0 Å². The second-order valence-corrected chi connectivity index (χ2v) is 2.84. The van der Waals surface area contributed by atoms with E-state index in [-0.39, 0.29) is 0 Å². The van der Waals surface area contributed by atoms with Gasteiger partial charge in [-0.15, -0.1) is 0 Å². The lowest BCUT2D eigenvalue weighted by Crippen LogP contribution is -2.10. The van der Waals surface area contributed by atoms with Crippen LogP contribution in [0.25, 0.3) is 10.9 Å². The van der Waals surface area contributed by atoms with Crippen LogP contribution in [0.3, 0.4) is 0 Å². The normalized spacial score (nSPS) is 10.5. The summed E-state index contributed by atoms with van der Waals surface area (Å²) in [5, 5.41) is 0.704. The van der Waals surface area contributed by atoms with Crippen molar-refractivity contribution in [1.82, 2.24) is 4.98 Å². The summed E-state index contributed by atoms with van der Waals surface area (Å²) in [6, 6.07) is 5.40. The standard InChI is InChI=1S/C9H9N3O/c10-6-2-1-3-7-8(6)5(4-12-7)9(11)13/h1-4,12H,10H2,(H2,11,13). The second kappa shape index (κ2) is 2.52. The van der Waals surface area contributed by atoms with E-state index in [9.17, 15) is 4.79 Å². The van der Waals surface area contributed by atoms with Gasteiger partial charge in [0.25, 0.3) is 5.91 Å². The fourth-order valence-electron chi connectivity index (χ4n) is 1.41. The molecular formula is C9H9N3O. The number of primary amides is 1. The molecule has 0 unspecified atom stereocenters. The number of anilines is 1. The lowest BCUT2D eigenvalue weighted by molar-refractivity contribution is 0.100. The first-order chi connectivity index (χ1) is 6.20. The summed E-state index contributed by atoms with van der Waals surface area (Å²) in [4.78, 5) is 13.9. The van der Waals surface area contributed by atoms with E-state index in [1.54, 1.807) is 12.3 Å². The van der Waals surface area contributed by atoms with Gasteiger partial charge in [0.1, 0.15) is 0 Å². The third-order valence-electron chi connectivity index (χ3n) is 2.00. The Morgan fingerprint density at radius 1 is 1.38 bits per heavy atom. The van der Waals surface area contributed by atoms with E-state index in [0.29, 0.717) is 16.6 Å². The molecule has 0 saturated heterocycles. The lowest BCUT2D eigenvalue weighted by atomic mass is 10.1. The van der Waals surface area contributed by atoms with Crippen LogP contribution in [0.5, 0.6) is 0 Å². The molecule has 1 aromatic carbocycles. The van der Waals surface area contributed by atoms with Crippen molar-refractivity contribution in [2.75, 3.05) is 5.73 Å². The molecule has 0 aliphatic carbocycles. The predicted octanol–water partition coefficient (Wildman–Crippen LogP) is 0.849. The second-order valence-electron chi connectivity index (χ2n) is 2.84. The number of nitrogen functional groups attached to an aromatic ring is 1. The SMILES string of the molecule is NC(=O)c1c[nH]c2cccc(N)c12. The summed E-state index contributed by atoms with van der Waals surface area (Å²) in [5.74, 6) is -0.468. The molecule has 4 nitrogen and oxygen atoms in total. The zero-order valence-electron chi connectivity index (χ0n) is 6.87. The van der Waals surface area contributed by atoms with Gasteiger partial charge < -0.3 is 16.5 Å². The molecule has 0 aliphatic rings. The lowest BCUT2D eigenvalue weighted by Gasteiger charge is -1.97. The van der Waals surface area contributed by atoms with Gasteiger partial charge in [0.2, 0.25) is 0 Å². The number of amides is 1. The first-order valence-corrected chi connectivity index (χ1v) is 3.85. The van der Waals surface area contributed by atoms with E-state index in [1.165, 1.54) is 0 Å². The molecule has 13 heavy (non-hydrogen) atoms. The van der Waals surface area contributed by atoms with E-state index in [2.05, 4.69) is 4.98 Å². The van der Waals surface area contributed by atoms with Gasteiger partial charge in [-0.25, -0.2) is 0 Å². The van der Waals surface area contributed by atoms with Gasteiger partial charge in [-0.3, -0.25) is 4.79 Å². The van der Waals surface area contributed by atoms with Crippen molar-refractivity contribution in [2.45, 2.75) is 0 Å². The topological polar surface area (TPSA) is 84.9 Å². The largest absolute Gasteiger partial charge is 0.398 e. The number of hydrogen-bond acceptors (Lipinski definition) is 2. The molecule has 0 fully saturated rings. The Balaban J connectivity index is 2.86. The number of nitrogens with one attached hydrogen (secondary N) is 1. The fraction of sp³-hybridized carbons (Fsp3) is 0. The number of nitrogens with two attached hydrogens (primary N) is 2. The van der Waals surface area contributed by atoms with Crippen LogP contribution < -0.4 is 11.5 Å². The highest BCUT2D eigenvalue weighted by Gasteiger charge is 2.10. The number of fused-ring (bicyclic) bond motifs is 1. The van der Waals surface area contributed by atoms with Gasteiger partial charge in [0, 0.05) is 22.8 Å². The van der Waals surface area contributed by atoms with Crippen LogP contribution >= 0.6 is 0 Å². The molecule has 5 N–H and O–H groups in total. The van der Waals surface area contributed by atoms with Gasteiger partial charge in [-0.2, -0.15) is 0 Å². The molecule has 1 aromatic heterocycles. The highest BCUT2D eigenvalue weighted by molar-refractivity contribution is 6.10. The van der Waals surface area contributed by atoms with Crippen molar-refractivity contribution in [3.05, 3.63) is 30.0 Å². The van der Waals surface area contributed by atoms with Crippen molar-refractivity contribution >= 4 is 22.5 Å². The van der Waals surface area contributed by atoms with Crippen molar-refractivity contribution in [2.24, 2.45) is 5.73 Å². The van der Waals surface area contributed by atoms with Crippen molar-refractivity contribution in [3.63, 3.8) is 0 Å². The zero-order valence-corrected chi connectivity index (χ0v) is 6.87. The number of carbonyl (C=O) groups excluding carboxylic acids is 1. The Morgan fingerprint density at radius 2 is 2.15 bits per heavy atom. The van der Waals surface area contributed by atoms with E-state index in [1.807, 2.05) is 12.1 Å². The zero-order chi connectivity index (χ0) is 9.42. The van der Waals surface area contributed by atoms with Crippen LogP contribution in [-0.4, -0.2) is 10.9 Å². The number of rotatable bonds is 1. The Labute approximate surface area is 74.5 Å². The van der Waals surface area contributed by atoms with Crippen molar-refractivity contribution < 1.29 is 4.79 Å². The average Bonchev–Trinajstić information content (AvgIpc) is 2.49. The first kappa shape index (κ1) is 7.67. The van der Waals surface area contributed by atoms with Crippen LogP contribution in [0.1, 0.15) is 10.4 Å². The summed E-state index contributed by atoms with van der Waals surface area (Å²) < 4.78 is 0. The van der Waals surface area contributed by atoms with E-state index >= 15 is 0 Å². The van der Waals surface area contributed by atoms with Crippen molar-refractivity contribution in [1.29, 1.82) is 0 Å². The van der Waals surface area contributed by atoms with Crippen molar-refractivity contribution in [3.8, 4) is 0 Å². The maximum absolute atomic E-state index is 11.0. The molecule has 0 bridgehead atoms. The minimum atomic E-state index is -0.468. The summed E-state index contributed by atoms with van der Waals surface area (Å²) in [6.45, 7) is 0. The van der Waals surface area contributed by atoms with E-state index < -0.39 is 5.91 Å². The quantitative estimate of drug-likeness (QED) is 0.561. The molecule has 0 radical (unpaired) electrons. The minimum Gasteiger partial charge on any atom is -0.398 e. The van der Waals surface area contributed by atoms with Crippen LogP contribution in [0.2, 0.25) is 0 Å². The molecule has 4 heteroatoms. The van der Waals surface area contributed by atoms with Gasteiger partial charge in [-0.1, -0.05) is 6.07 Å². The molecule has 66 valence electrons. The summed E-state index contributed by atoms with van der Waals surface area (Å²) in [7, 11) is 0. The number of aromatic nitrogens is 1. The van der Waals surface area contributed by atoms with Gasteiger partial charge >= 0.3 is 0 Å². The maximum Gasteiger partial charge on any atom is 0.250 e. The number of hydrogen-bond donors (Lipinski definition) is 3. The maximum atomic E-state index is 11.0. The van der Waals surface area contributed by atoms with Gasteiger partial charge in [0.15, 0.2) is 0 Å². The predicted molar refractivity (Wildman–Crippen MR) is 51.2 cm³/mol. The minimum absolute atomic E-state index is 0.438. The molecular weight excluding hydrogens is 166 g/mol. The Hall–Kier alpha value is -1.97. The van der Waals surface area contributed by atoms with Gasteiger partial charge in [0.05, 0.1) is 5.56 Å². The van der Waals surface area contributed by atoms with E-state index in [0.717, 1.165) is 5.52 Å². The molecule has 0 saturated carbocycles. The Morgan fingerprint density at radius 3 is 2.85 bits per heavy atom. The van der Waals surface area contributed by atoms with Crippen LogP contribution in [0.4, 0.5) is 5.69 Å². The van der Waals surface area contributed by atoms with Gasteiger partial charge in [-0.05, 0) is 12.1 Å². The highest BCUT2D eigenvalue weighted by Crippen LogP contribution is 2.23. The summed E-state index contributed by atoms with van der Waals surface area (Å²) in [6.07, 6.45) is 1.57. The smallest absolute Gasteiger partial charge is 0.250 e. The first-order valence-electron chi connectivity index (χ1n) is 3.85. The fourth-order valence-corrected chi connectivity index (χ4v) is 1.41. The molecule has 2 aromatic rings. The van der Waals surface area contributed by atoms with E-state index in [4.69, 9.17) is 11.5 Å². The Bertz CT molecular complexity index is 473. The highest BCUT2D eigenvalue weighted by atomic mass is 16.1. The molecule has 1 heterocycles. The molecule has 0 atom stereocenters. The molecule has 2 rings (SSSR count).